The van der Waals surface area contributed by atoms with Gasteiger partial charge >= 0.3 is 0 Å². The van der Waals surface area contributed by atoms with Crippen LogP contribution in [-0.2, 0) is 4.79 Å². The summed E-state index contributed by atoms with van der Waals surface area (Å²) in [7, 11) is 0. The van der Waals surface area contributed by atoms with E-state index in [1.807, 2.05) is 4.90 Å². The first-order valence-electron chi connectivity index (χ1n) is 5.75. The van der Waals surface area contributed by atoms with Gasteiger partial charge in [-0.05, 0) is 22.4 Å². The smallest absolute Gasteiger partial charge is 0.223 e. The summed E-state index contributed by atoms with van der Waals surface area (Å²) in [5.74, 6) is 1.23. The molecule has 3 heterocycles. The lowest BCUT2D eigenvalue weighted by atomic mass is 10.1. The second-order valence-corrected chi connectivity index (χ2v) is 5.27. The first-order chi connectivity index (χ1) is 8.25. The summed E-state index contributed by atoms with van der Waals surface area (Å²) in [5, 5.41) is 0. The van der Waals surface area contributed by atoms with Crippen LogP contribution in [-0.4, -0.2) is 46.5 Å². The van der Waals surface area contributed by atoms with E-state index in [0.29, 0.717) is 18.4 Å². The van der Waals surface area contributed by atoms with Crippen molar-refractivity contribution in [2.45, 2.75) is 18.9 Å². The molecule has 1 unspecified atom stereocenters. The second kappa shape index (κ2) is 4.25. The van der Waals surface area contributed by atoms with Crippen LogP contribution in [0.1, 0.15) is 12.8 Å². The molecule has 2 aliphatic heterocycles. The van der Waals surface area contributed by atoms with Crippen LogP contribution in [0.3, 0.4) is 0 Å². The standard InChI is InChI=1S/C11H13BrN4O/c12-9-5-13-7-14-11(9)15-3-4-16-8(6-15)1-2-10(16)17/h5,7-8H,1-4,6H2. The van der Waals surface area contributed by atoms with Gasteiger partial charge in [0.1, 0.15) is 12.1 Å². The lowest BCUT2D eigenvalue weighted by Crippen LogP contribution is -2.51. The van der Waals surface area contributed by atoms with Gasteiger partial charge in [-0.2, -0.15) is 0 Å². The number of hydrogen-bond acceptors (Lipinski definition) is 4. The third-order valence-electron chi connectivity index (χ3n) is 3.44. The molecule has 2 fully saturated rings. The highest BCUT2D eigenvalue weighted by Gasteiger charge is 2.36. The van der Waals surface area contributed by atoms with Crippen molar-refractivity contribution in [3.63, 3.8) is 0 Å². The molecule has 17 heavy (non-hydrogen) atoms. The van der Waals surface area contributed by atoms with Gasteiger partial charge in [0, 0.05) is 38.3 Å². The Labute approximate surface area is 108 Å². The maximum Gasteiger partial charge on any atom is 0.223 e. The van der Waals surface area contributed by atoms with Gasteiger partial charge in [0.15, 0.2) is 0 Å². The fourth-order valence-corrected chi connectivity index (χ4v) is 3.07. The van der Waals surface area contributed by atoms with Gasteiger partial charge in [-0.25, -0.2) is 9.97 Å². The molecule has 90 valence electrons. The SMILES string of the molecule is O=C1CCC2CN(c3ncncc3Br)CCN12. The fraction of sp³-hybridized carbons (Fsp3) is 0.545. The van der Waals surface area contributed by atoms with E-state index in [9.17, 15) is 4.79 Å². The van der Waals surface area contributed by atoms with E-state index in [-0.39, 0.29) is 0 Å². The molecule has 1 amide bonds. The first kappa shape index (κ1) is 11.0. The van der Waals surface area contributed by atoms with Crippen LogP contribution in [0.15, 0.2) is 17.0 Å². The van der Waals surface area contributed by atoms with Gasteiger partial charge in [-0.1, -0.05) is 0 Å². The Morgan fingerprint density at radius 1 is 1.41 bits per heavy atom. The molecular weight excluding hydrogens is 284 g/mol. The minimum Gasteiger partial charge on any atom is -0.352 e. The van der Waals surface area contributed by atoms with Crippen molar-refractivity contribution in [2.24, 2.45) is 0 Å². The predicted molar refractivity (Wildman–Crippen MR) is 66.7 cm³/mol. The number of amides is 1. The first-order valence-corrected chi connectivity index (χ1v) is 6.55. The molecule has 0 N–H and O–H groups in total. The van der Waals surface area contributed by atoms with Crippen LogP contribution in [0.2, 0.25) is 0 Å². The van der Waals surface area contributed by atoms with Crippen molar-refractivity contribution in [1.82, 2.24) is 14.9 Å². The summed E-state index contributed by atoms with van der Waals surface area (Å²) < 4.78 is 0.915. The Morgan fingerprint density at radius 3 is 3.12 bits per heavy atom. The molecule has 0 bridgehead atoms. The average molecular weight is 297 g/mol. The van der Waals surface area contributed by atoms with E-state index in [0.717, 1.165) is 36.3 Å². The van der Waals surface area contributed by atoms with Crippen molar-refractivity contribution in [3.8, 4) is 0 Å². The molecule has 0 aromatic carbocycles. The van der Waals surface area contributed by atoms with Gasteiger partial charge in [-0.3, -0.25) is 4.79 Å². The Balaban J connectivity index is 1.80. The highest BCUT2D eigenvalue weighted by atomic mass is 79.9. The number of aromatic nitrogens is 2. The maximum atomic E-state index is 11.6. The van der Waals surface area contributed by atoms with Crippen LogP contribution in [0.5, 0.6) is 0 Å². The highest BCUT2D eigenvalue weighted by molar-refractivity contribution is 9.10. The number of piperazine rings is 1. The molecule has 3 rings (SSSR count). The van der Waals surface area contributed by atoms with Crippen LogP contribution in [0, 0.1) is 0 Å². The summed E-state index contributed by atoms with van der Waals surface area (Å²) in [6.45, 7) is 2.53. The van der Waals surface area contributed by atoms with Crippen molar-refractivity contribution in [3.05, 3.63) is 17.0 Å². The zero-order valence-corrected chi connectivity index (χ0v) is 10.9. The summed E-state index contributed by atoms with van der Waals surface area (Å²) in [6.07, 6.45) is 4.99. The van der Waals surface area contributed by atoms with Gasteiger partial charge < -0.3 is 9.80 Å². The van der Waals surface area contributed by atoms with Gasteiger partial charge in [-0.15, -0.1) is 0 Å². The number of fused-ring (bicyclic) bond motifs is 1. The van der Waals surface area contributed by atoms with E-state index < -0.39 is 0 Å². The number of carbonyl (C=O) groups is 1. The van der Waals surface area contributed by atoms with Gasteiger partial charge in [0.05, 0.1) is 4.47 Å². The molecule has 6 heteroatoms. The zero-order chi connectivity index (χ0) is 11.8. The Kier molecular flexibility index (Phi) is 2.74. The summed E-state index contributed by atoms with van der Waals surface area (Å²) in [6, 6.07) is 0.359. The fourth-order valence-electron chi connectivity index (χ4n) is 2.60. The average Bonchev–Trinajstić information content (AvgIpc) is 2.71. The summed E-state index contributed by atoms with van der Waals surface area (Å²) >= 11 is 3.47. The van der Waals surface area contributed by atoms with Crippen molar-refractivity contribution in [1.29, 1.82) is 0 Å². The molecule has 1 atom stereocenters. The van der Waals surface area contributed by atoms with E-state index in [1.54, 1.807) is 12.5 Å². The Morgan fingerprint density at radius 2 is 2.29 bits per heavy atom. The lowest BCUT2D eigenvalue weighted by molar-refractivity contribution is -0.129. The number of nitrogens with zero attached hydrogens (tertiary/aromatic N) is 4. The van der Waals surface area contributed by atoms with Gasteiger partial charge in [0.2, 0.25) is 5.91 Å². The predicted octanol–water partition coefficient (Wildman–Crippen LogP) is 1.05. The van der Waals surface area contributed by atoms with E-state index in [2.05, 4.69) is 30.8 Å². The van der Waals surface area contributed by atoms with Gasteiger partial charge in [0.25, 0.3) is 0 Å². The van der Waals surface area contributed by atoms with Crippen LogP contribution in [0.25, 0.3) is 0 Å². The number of hydrogen-bond donors (Lipinski definition) is 0. The minimum atomic E-state index is 0.302. The third-order valence-corrected chi connectivity index (χ3v) is 4.00. The van der Waals surface area contributed by atoms with Crippen LogP contribution < -0.4 is 4.90 Å². The molecular formula is C11H13BrN4O. The quantitative estimate of drug-likeness (QED) is 0.777. The van der Waals surface area contributed by atoms with Crippen molar-refractivity contribution >= 4 is 27.7 Å². The maximum absolute atomic E-state index is 11.6. The molecule has 1 aromatic heterocycles. The monoisotopic (exact) mass is 296 g/mol. The molecule has 5 nitrogen and oxygen atoms in total. The molecule has 1 aromatic rings. The van der Waals surface area contributed by atoms with Crippen LogP contribution in [0.4, 0.5) is 5.82 Å². The van der Waals surface area contributed by atoms with E-state index in [4.69, 9.17) is 0 Å². The van der Waals surface area contributed by atoms with Crippen molar-refractivity contribution in [2.75, 3.05) is 24.5 Å². The number of halogens is 1. The molecule has 2 aliphatic rings. The number of rotatable bonds is 1. The topological polar surface area (TPSA) is 49.3 Å². The summed E-state index contributed by atoms with van der Waals surface area (Å²) in [4.78, 5) is 24.1. The third kappa shape index (κ3) is 1.90. The number of carbonyl (C=O) groups excluding carboxylic acids is 1. The molecule has 0 aliphatic carbocycles. The molecule has 0 radical (unpaired) electrons. The Hall–Kier alpha value is -1.17. The van der Waals surface area contributed by atoms with E-state index >= 15 is 0 Å². The molecule has 2 saturated heterocycles. The minimum absolute atomic E-state index is 0.302. The van der Waals surface area contributed by atoms with Crippen molar-refractivity contribution < 1.29 is 4.79 Å². The Bertz CT molecular complexity index is 453. The van der Waals surface area contributed by atoms with E-state index in [1.165, 1.54) is 0 Å². The highest BCUT2D eigenvalue weighted by Crippen LogP contribution is 2.28. The normalized spacial score (nSPS) is 24.1. The second-order valence-electron chi connectivity index (χ2n) is 4.42. The number of anilines is 1. The molecule has 0 spiro atoms. The summed E-state index contributed by atoms with van der Waals surface area (Å²) in [5.41, 5.74) is 0. The lowest BCUT2D eigenvalue weighted by Gasteiger charge is -2.38. The van der Waals surface area contributed by atoms with Crippen LogP contribution >= 0.6 is 15.9 Å². The largest absolute Gasteiger partial charge is 0.352 e. The molecule has 0 saturated carbocycles. The zero-order valence-electron chi connectivity index (χ0n) is 9.34.